The molecule has 0 radical (unpaired) electrons. The minimum atomic E-state index is 0.265. The van der Waals surface area contributed by atoms with Crippen molar-refractivity contribution in [1.29, 1.82) is 0 Å². The largest absolute Gasteiger partial charge is 0.432 e. The van der Waals surface area contributed by atoms with Crippen molar-refractivity contribution >= 4 is 23.7 Å². The van der Waals surface area contributed by atoms with Gasteiger partial charge < -0.3 is 9.21 Å². The third-order valence-corrected chi connectivity index (χ3v) is 3.10. The van der Waals surface area contributed by atoms with E-state index in [1.54, 1.807) is 16.7 Å². The summed E-state index contributed by atoms with van der Waals surface area (Å²) in [5.41, 5.74) is 2.27. The van der Waals surface area contributed by atoms with Gasteiger partial charge in [-0.1, -0.05) is 29.8 Å². The summed E-state index contributed by atoms with van der Waals surface area (Å²) in [5.74, 6) is 0.460. The topological polar surface area (TPSA) is 47.5 Å². The Kier molecular flexibility index (Phi) is 2.64. The van der Waals surface area contributed by atoms with Gasteiger partial charge in [-0.05, 0) is 6.07 Å². The molecular formula is C13H9ClN2O2. The summed E-state index contributed by atoms with van der Waals surface area (Å²) in [4.78, 5) is 15.2. The predicted octanol–water partition coefficient (Wildman–Crippen LogP) is 2.99. The molecule has 2 heterocycles. The zero-order valence-corrected chi connectivity index (χ0v) is 10.1. The fourth-order valence-electron chi connectivity index (χ4n) is 1.98. The quantitative estimate of drug-likeness (QED) is 0.680. The Morgan fingerprint density at radius 2 is 2.22 bits per heavy atom. The second kappa shape index (κ2) is 4.31. The van der Waals surface area contributed by atoms with E-state index in [9.17, 15) is 4.79 Å². The lowest BCUT2D eigenvalue weighted by Crippen LogP contribution is -1.94. The zero-order valence-electron chi connectivity index (χ0n) is 9.34. The average Bonchev–Trinajstić information content (AvgIpc) is 2.93. The van der Waals surface area contributed by atoms with Crippen LogP contribution in [0, 0.1) is 0 Å². The minimum Gasteiger partial charge on any atom is -0.432 e. The van der Waals surface area contributed by atoms with Crippen LogP contribution >= 0.6 is 11.6 Å². The van der Waals surface area contributed by atoms with Crippen molar-refractivity contribution < 1.29 is 9.21 Å². The van der Waals surface area contributed by atoms with E-state index in [1.807, 2.05) is 18.2 Å². The molecule has 0 bridgehead atoms. The number of halogens is 1. The number of fused-ring (bicyclic) bond motifs is 1. The number of benzene rings is 1. The van der Waals surface area contributed by atoms with Gasteiger partial charge in [-0.15, -0.1) is 0 Å². The van der Waals surface area contributed by atoms with Gasteiger partial charge in [0.15, 0.2) is 0 Å². The Labute approximate surface area is 108 Å². The van der Waals surface area contributed by atoms with E-state index in [0.717, 1.165) is 17.5 Å². The molecular weight excluding hydrogens is 252 g/mol. The summed E-state index contributed by atoms with van der Waals surface area (Å²) in [6.07, 6.45) is 4.38. The smallest absolute Gasteiger partial charge is 0.306 e. The number of aldehydes is 1. The number of hydrogen-bond donors (Lipinski definition) is 0. The first-order chi connectivity index (χ1) is 8.81. The first kappa shape index (κ1) is 11.0. The van der Waals surface area contributed by atoms with E-state index in [-0.39, 0.29) is 6.42 Å². The lowest BCUT2D eigenvalue weighted by atomic mass is 10.1. The maximum atomic E-state index is 10.8. The normalized spacial score (nSPS) is 10.9. The molecule has 90 valence electrons. The molecule has 0 amide bonds. The zero-order chi connectivity index (χ0) is 12.5. The number of aromatic nitrogens is 2. The third kappa shape index (κ3) is 1.62. The van der Waals surface area contributed by atoms with Crippen molar-refractivity contribution in [2.45, 2.75) is 6.42 Å². The molecule has 0 spiro atoms. The number of hydrogen-bond acceptors (Lipinski definition) is 3. The Morgan fingerprint density at radius 3 is 3.00 bits per heavy atom. The molecule has 0 aliphatic rings. The maximum Gasteiger partial charge on any atom is 0.306 e. The van der Waals surface area contributed by atoms with Crippen molar-refractivity contribution in [1.82, 2.24) is 9.38 Å². The molecule has 2 aromatic heterocycles. The van der Waals surface area contributed by atoms with Crippen LogP contribution in [0.1, 0.15) is 5.69 Å². The van der Waals surface area contributed by atoms with Crippen LogP contribution in [0.4, 0.5) is 0 Å². The minimum absolute atomic E-state index is 0.265. The Morgan fingerprint density at radius 1 is 1.39 bits per heavy atom. The SMILES string of the molecule is O=CCc1c(-c2ccccc2Cl)nc2occn12. The number of nitrogens with zero attached hydrogens (tertiary/aromatic N) is 2. The Hall–Kier alpha value is -2.07. The fraction of sp³-hybridized carbons (Fsp3) is 0.0769. The first-order valence-electron chi connectivity index (χ1n) is 5.44. The van der Waals surface area contributed by atoms with Crippen LogP contribution in [0.2, 0.25) is 5.02 Å². The van der Waals surface area contributed by atoms with Gasteiger partial charge in [0.05, 0.1) is 16.4 Å². The molecule has 5 heteroatoms. The molecule has 1 aromatic carbocycles. The number of rotatable bonds is 3. The molecule has 0 saturated carbocycles. The van der Waals surface area contributed by atoms with Crippen molar-refractivity contribution in [2.75, 3.05) is 0 Å². The lowest BCUT2D eigenvalue weighted by Gasteiger charge is -2.02. The number of carbonyl (C=O) groups excluding carboxylic acids is 1. The second-order valence-electron chi connectivity index (χ2n) is 3.81. The van der Waals surface area contributed by atoms with Gasteiger partial charge >= 0.3 is 5.84 Å². The summed E-state index contributed by atoms with van der Waals surface area (Å²) in [6.45, 7) is 0. The highest BCUT2D eigenvalue weighted by molar-refractivity contribution is 6.33. The number of imidazole rings is 1. The summed E-state index contributed by atoms with van der Waals surface area (Å²) in [6, 6.07) is 7.40. The molecule has 0 saturated heterocycles. The third-order valence-electron chi connectivity index (χ3n) is 2.77. The van der Waals surface area contributed by atoms with E-state index in [4.69, 9.17) is 16.0 Å². The fourth-order valence-corrected chi connectivity index (χ4v) is 2.20. The van der Waals surface area contributed by atoms with E-state index in [0.29, 0.717) is 16.6 Å². The van der Waals surface area contributed by atoms with Crippen LogP contribution in [0.5, 0.6) is 0 Å². The van der Waals surface area contributed by atoms with Crippen LogP contribution in [-0.2, 0) is 11.2 Å². The molecule has 18 heavy (non-hydrogen) atoms. The van der Waals surface area contributed by atoms with E-state index < -0.39 is 0 Å². The van der Waals surface area contributed by atoms with E-state index >= 15 is 0 Å². The molecule has 3 rings (SSSR count). The highest BCUT2D eigenvalue weighted by Gasteiger charge is 2.17. The van der Waals surface area contributed by atoms with Gasteiger partial charge in [0.1, 0.15) is 12.5 Å². The highest BCUT2D eigenvalue weighted by Crippen LogP contribution is 2.30. The molecule has 0 N–H and O–H groups in total. The standard InChI is InChI=1S/C13H9ClN2O2/c14-10-4-2-1-3-9(10)12-11(5-7-17)16-6-8-18-13(16)15-12/h1-4,6-8H,5H2. The predicted molar refractivity (Wildman–Crippen MR) is 67.7 cm³/mol. The van der Waals surface area contributed by atoms with Gasteiger partial charge in [-0.3, -0.25) is 4.40 Å². The summed E-state index contributed by atoms with van der Waals surface area (Å²) < 4.78 is 7.00. The molecule has 0 atom stereocenters. The van der Waals surface area contributed by atoms with Crippen molar-refractivity contribution in [3.63, 3.8) is 0 Å². The van der Waals surface area contributed by atoms with Crippen LogP contribution in [0.25, 0.3) is 17.1 Å². The highest BCUT2D eigenvalue weighted by atomic mass is 35.5. The monoisotopic (exact) mass is 260 g/mol. The van der Waals surface area contributed by atoms with E-state index in [1.165, 1.54) is 6.26 Å². The van der Waals surface area contributed by atoms with Crippen molar-refractivity contribution in [3.8, 4) is 11.3 Å². The van der Waals surface area contributed by atoms with Crippen molar-refractivity contribution in [2.24, 2.45) is 0 Å². The van der Waals surface area contributed by atoms with Gasteiger partial charge in [-0.25, -0.2) is 0 Å². The van der Waals surface area contributed by atoms with Crippen LogP contribution in [0.15, 0.2) is 41.1 Å². The first-order valence-corrected chi connectivity index (χ1v) is 5.82. The molecule has 0 aliphatic heterocycles. The van der Waals surface area contributed by atoms with Crippen LogP contribution in [-0.4, -0.2) is 15.7 Å². The molecule has 0 aliphatic carbocycles. The van der Waals surface area contributed by atoms with Crippen molar-refractivity contribution in [3.05, 3.63) is 47.4 Å². The molecule has 0 unspecified atom stereocenters. The average molecular weight is 261 g/mol. The lowest BCUT2D eigenvalue weighted by molar-refractivity contribution is -0.107. The Bertz CT molecular complexity index is 715. The maximum absolute atomic E-state index is 10.8. The number of oxazole rings is 1. The van der Waals surface area contributed by atoms with E-state index in [2.05, 4.69) is 4.98 Å². The van der Waals surface area contributed by atoms with Gasteiger partial charge in [0, 0.05) is 18.2 Å². The molecule has 3 aromatic rings. The number of carbonyl (C=O) groups is 1. The summed E-state index contributed by atoms with van der Waals surface area (Å²) >= 11 is 6.16. The van der Waals surface area contributed by atoms with Crippen LogP contribution in [0.3, 0.4) is 0 Å². The Balaban J connectivity index is 2.28. The summed E-state index contributed by atoms with van der Waals surface area (Å²) in [5, 5.41) is 0.602. The molecule has 4 nitrogen and oxygen atoms in total. The second-order valence-corrected chi connectivity index (χ2v) is 4.22. The summed E-state index contributed by atoms with van der Waals surface area (Å²) in [7, 11) is 0. The van der Waals surface area contributed by atoms with Gasteiger partial charge in [-0.2, -0.15) is 4.98 Å². The van der Waals surface area contributed by atoms with Crippen LogP contribution < -0.4 is 0 Å². The van der Waals surface area contributed by atoms with Gasteiger partial charge in [0.25, 0.3) is 0 Å². The van der Waals surface area contributed by atoms with Gasteiger partial charge in [0.2, 0.25) is 0 Å². The molecule has 0 fully saturated rings.